The molecule has 0 bridgehead atoms. The number of phosphoric acid groups is 2. The van der Waals surface area contributed by atoms with Gasteiger partial charge in [-0.15, -0.1) is 0 Å². The molecule has 0 aromatic heterocycles. The van der Waals surface area contributed by atoms with Crippen LogP contribution in [0.2, 0.25) is 0 Å². The molecule has 5 atom stereocenters. The first-order chi connectivity index (χ1) is 49.7. The molecule has 0 amide bonds. The van der Waals surface area contributed by atoms with Crippen LogP contribution in [0.15, 0.2) is 122 Å². The standard InChI is InChI=1S/C83H142O17P2/c1-5-9-13-17-21-25-29-33-37-38-42-44-48-52-56-60-64-68-81(86)94-74-79(100-83(88)70-66-62-58-54-50-46-41-36-32-28-24-20-16-12-8-4)76-98-102(91,92)96-72-77(84)71-95-101(89,90)97-75-78(99-82(87)69-65-61-57-53-49-45-40-35-31-27-23-19-15-11-7-3)73-93-80(85)67-63-59-55-51-47-43-39-34-30-26-22-18-14-10-6-2/h9,12-13,16,21-22,24-26,28,33-37,39-41,50,54,77-79,84H,5-8,10-11,14-15,17-20,23,27,29-32,38,42-49,51-53,55-76H2,1-4H3,(H,89,90)(H,91,92)/b13-9-,16-12-,25-21-,26-22-,28-24-,37-33-,39-34-,40-35-,41-36-,54-50-. The minimum Gasteiger partial charge on any atom is -0.462 e. The number of aliphatic hydroxyl groups is 1. The first-order valence-electron chi connectivity index (χ1n) is 39.8. The fourth-order valence-corrected chi connectivity index (χ4v) is 11.9. The zero-order valence-electron chi connectivity index (χ0n) is 64.0. The lowest BCUT2D eigenvalue weighted by atomic mass is 10.1. The number of carbonyl (C=O) groups excluding carboxylic acids is 4. The maximum absolute atomic E-state index is 13.1. The lowest BCUT2D eigenvalue weighted by Crippen LogP contribution is -2.30. The Balaban J connectivity index is 5.41. The van der Waals surface area contributed by atoms with Gasteiger partial charge in [0.05, 0.1) is 26.4 Å². The Morgan fingerprint density at radius 2 is 0.510 bits per heavy atom. The molecule has 102 heavy (non-hydrogen) atoms. The van der Waals surface area contributed by atoms with E-state index in [2.05, 4.69) is 149 Å². The monoisotopic (exact) mass is 1470 g/mol. The Labute approximate surface area is 619 Å². The van der Waals surface area contributed by atoms with Crippen LogP contribution in [0, 0.1) is 0 Å². The summed E-state index contributed by atoms with van der Waals surface area (Å²) in [4.78, 5) is 73.0. The molecule has 17 nitrogen and oxygen atoms in total. The maximum Gasteiger partial charge on any atom is 0.472 e. The minimum atomic E-state index is -4.99. The SMILES string of the molecule is CC/C=C\C/C=C\C/C=C\C/C=C\CCCCC(=O)OC(COC(=O)CCCCCCCCC/C=C\C/C=C\C/C=C\CC)COP(=O)(O)OCC(O)COP(=O)(O)OCC(COC(=O)CCCCCCC/C=C\C/C=C\CCCCC)OC(=O)CCCCCCC/C=C\CCCCCCCC. The van der Waals surface area contributed by atoms with Gasteiger partial charge in [-0.25, -0.2) is 9.13 Å². The number of rotatable bonds is 74. The van der Waals surface area contributed by atoms with E-state index in [0.29, 0.717) is 32.1 Å². The largest absolute Gasteiger partial charge is 0.472 e. The van der Waals surface area contributed by atoms with Crippen molar-refractivity contribution < 1.29 is 80.2 Å². The fourth-order valence-electron chi connectivity index (χ4n) is 10.4. The molecule has 19 heteroatoms. The molecule has 0 saturated carbocycles. The molecule has 0 aliphatic heterocycles. The molecule has 3 N–H and O–H groups in total. The summed E-state index contributed by atoms with van der Waals surface area (Å²) in [5, 5.41) is 10.6. The Morgan fingerprint density at radius 1 is 0.284 bits per heavy atom. The number of esters is 4. The highest BCUT2D eigenvalue weighted by molar-refractivity contribution is 7.47. The quantitative estimate of drug-likeness (QED) is 0.0169. The van der Waals surface area contributed by atoms with Gasteiger partial charge in [0.2, 0.25) is 0 Å². The molecule has 0 saturated heterocycles. The van der Waals surface area contributed by atoms with E-state index in [4.69, 9.17) is 37.0 Å². The molecule has 0 aliphatic rings. The van der Waals surface area contributed by atoms with Crippen molar-refractivity contribution in [3.63, 3.8) is 0 Å². The normalized spacial score (nSPS) is 14.5. The van der Waals surface area contributed by atoms with E-state index in [9.17, 15) is 43.2 Å². The lowest BCUT2D eigenvalue weighted by Gasteiger charge is -2.21. The summed E-state index contributed by atoms with van der Waals surface area (Å²) in [6.45, 7) is 4.55. The smallest absolute Gasteiger partial charge is 0.462 e. The first-order valence-corrected chi connectivity index (χ1v) is 42.8. The van der Waals surface area contributed by atoms with Crippen molar-refractivity contribution in [3.05, 3.63) is 122 Å². The van der Waals surface area contributed by atoms with E-state index in [-0.39, 0.29) is 25.7 Å². The van der Waals surface area contributed by atoms with Gasteiger partial charge < -0.3 is 33.8 Å². The van der Waals surface area contributed by atoms with Gasteiger partial charge in [0.15, 0.2) is 12.2 Å². The van der Waals surface area contributed by atoms with Gasteiger partial charge in [0.1, 0.15) is 19.3 Å². The van der Waals surface area contributed by atoms with Crippen molar-refractivity contribution >= 4 is 39.5 Å². The maximum atomic E-state index is 13.1. The highest BCUT2D eigenvalue weighted by Crippen LogP contribution is 2.45. The summed E-state index contributed by atoms with van der Waals surface area (Å²) >= 11 is 0. The summed E-state index contributed by atoms with van der Waals surface area (Å²) in [5.41, 5.74) is 0. The van der Waals surface area contributed by atoms with Gasteiger partial charge in [0, 0.05) is 25.7 Å². The molecule has 0 fully saturated rings. The van der Waals surface area contributed by atoms with Crippen molar-refractivity contribution in [3.8, 4) is 0 Å². The number of hydrogen-bond acceptors (Lipinski definition) is 15. The summed E-state index contributed by atoms with van der Waals surface area (Å²) < 4.78 is 68.5. The highest BCUT2D eigenvalue weighted by atomic mass is 31.2. The summed E-state index contributed by atoms with van der Waals surface area (Å²) in [5.74, 6) is -2.25. The van der Waals surface area contributed by atoms with Crippen LogP contribution in [0.4, 0.5) is 0 Å². The minimum absolute atomic E-state index is 0.0379. The third-order valence-corrected chi connectivity index (χ3v) is 18.3. The Bertz CT molecular complexity index is 2410. The van der Waals surface area contributed by atoms with Crippen LogP contribution in [0.25, 0.3) is 0 Å². The molecule has 0 rings (SSSR count). The summed E-state index contributed by atoms with van der Waals surface area (Å²) in [7, 11) is -9.98. The topological polar surface area (TPSA) is 237 Å². The Kier molecular flexibility index (Phi) is 71.4. The predicted octanol–water partition coefficient (Wildman–Crippen LogP) is 23.1. The van der Waals surface area contributed by atoms with Crippen LogP contribution in [0.3, 0.4) is 0 Å². The van der Waals surface area contributed by atoms with E-state index in [1.807, 2.05) is 0 Å². The van der Waals surface area contributed by atoms with Crippen molar-refractivity contribution in [2.24, 2.45) is 0 Å². The van der Waals surface area contributed by atoms with Gasteiger partial charge in [-0.1, -0.05) is 265 Å². The van der Waals surface area contributed by atoms with Crippen LogP contribution in [-0.2, 0) is 65.4 Å². The van der Waals surface area contributed by atoms with E-state index >= 15 is 0 Å². The summed E-state index contributed by atoms with van der Waals surface area (Å²) in [6, 6.07) is 0. The van der Waals surface area contributed by atoms with E-state index in [0.717, 1.165) is 180 Å². The molecular formula is C83H142O17P2. The molecule has 586 valence electrons. The number of allylic oxidation sites excluding steroid dienone is 20. The Hall–Kier alpha value is -4.54. The highest BCUT2D eigenvalue weighted by Gasteiger charge is 2.30. The van der Waals surface area contributed by atoms with E-state index in [1.165, 1.54) is 57.8 Å². The van der Waals surface area contributed by atoms with Crippen molar-refractivity contribution in [1.82, 2.24) is 0 Å². The van der Waals surface area contributed by atoms with Crippen LogP contribution in [0.5, 0.6) is 0 Å². The Morgan fingerprint density at radius 3 is 0.833 bits per heavy atom. The third kappa shape index (κ3) is 73.8. The second kappa shape index (κ2) is 74.7. The second-order valence-corrected chi connectivity index (χ2v) is 29.1. The first kappa shape index (κ1) is 97.5. The van der Waals surface area contributed by atoms with Gasteiger partial charge in [-0.05, 0) is 154 Å². The molecule has 0 radical (unpaired) electrons. The fraction of sp³-hybridized carbons (Fsp3) is 0.711. The molecular weight excluding hydrogens is 1330 g/mol. The molecule has 0 aromatic rings. The molecule has 0 heterocycles. The number of unbranched alkanes of at least 4 members (excludes halogenated alkanes) is 28. The van der Waals surface area contributed by atoms with Crippen molar-refractivity contribution in [1.29, 1.82) is 0 Å². The van der Waals surface area contributed by atoms with E-state index in [1.54, 1.807) is 0 Å². The number of carbonyl (C=O) groups is 4. The summed E-state index contributed by atoms with van der Waals surface area (Å²) in [6.07, 6.45) is 81.8. The molecule has 0 spiro atoms. The molecule has 0 aromatic carbocycles. The number of aliphatic hydroxyl groups excluding tert-OH is 1. The van der Waals surface area contributed by atoms with Crippen LogP contribution in [0.1, 0.15) is 323 Å². The number of hydrogen-bond donors (Lipinski definition) is 3. The number of phosphoric ester groups is 2. The van der Waals surface area contributed by atoms with E-state index < -0.39 is 97.5 Å². The third-order valence-electron chi connectivity index (χ3n) is 16.4. The van der Waals surface area contributed by atoms with Crippen LogP contribution >= 0.6 is 15.6 Å². The second-order valence-electron chi connectivity index (χ2n) is 26.2. The number of ether oxygens (including phenoxy) is 4. The zero-order chi connectivity index (χ0) is 74.6. The van der Waals surface area contributed by atoms with Crippen molar-refractivity contribution in [2.75, 3.05) is 39.6 Å². The van der Waals surface area contributed by atoms with Crippen LogP contribution < -0.4 is 0 Å². The van der Waals surface area contributed by atoms with Crippen molar-refractivity contribution in [2.45, 2.75) is 341 Å². The predicted molar refractivity (Wildman–Crippen MR) is 418 cm³/mol. The average Bonchev–Trinajstić information content (AvgIpc) is 0.919. The lowest BCUT2D eigenvalue weighted by molar-refractivity contribution is -0.161. The molecule has 0 aliphatic carbocycles. The average molecular weight is 1470 g/mol. The van der Waals surface area contributed by atoms with Crippen LogP contribution in [-0.4, -0.2) is 96.7 Å². The van der Waals surface area contributed by atoms with Gasteiger partial charge >= 0.3 is 39.5 Å². The van der Waals surface area contributed by atoms with Gasteiger partial charge in [-0.2, -0.15) is 0 Å². The van der Waals surface area contributed by atoms with Gasteiger partial charge in [-0.3, -0.25) is 37.3 Å². The zero-order valence-corrected chi connectivity index (χ0v) is 65.8. The van der Waals surface area contributed by atoms with Gasteiger partial charge in [0.25, 0.3) is 0 Å². The molecule has 5 unspecified atom stereocenters.